The zero-order chi connectivity index (χ0) is 24.6. The minimum Gasteiger partial charge on any atom is -0.497 e. The Hall–Kier alpha value is -3.69. The van der Waals surface area contributed by atoms with Crippen molar-refractivity contribution in [2.24, 2.45) is 0 Å². The summed E-state index contributed by atoms with van der Waals surface area (Å²) in [6, 6.07) is 19.5. The number of methoxy groups -OCH3 is 1. The number of H-pyrrole nitrogens is 1. The molecule has 0 spiro atoms. The zero-order valence-electron chi connectivity index (χ0n) is 19.1. The van der Waals surface area contributed by atoms with E-state index in [0.29, 0.717) is 28.4 Å². The van der Waals surface area contributed by atoms with Crippen LogP contribution in [0.1, 0.15) is 28.6 Å². The maximum absolute atomic E-state index is 11.6. The van der Waals surface area contributed by atoms with Crippen molar-refractivity contribution in [2.75, 3.05) is 13.9 Å². The Morgan fingerprint density at radius 3 is 2.67 bits per heavy atom. The number of ether oxygens (including phenoxy) is 3. The van der Waals surface area contributed by atoms with E-state index >= 15 is 0 Å². The Morgan fingerprint density at radius 2 is 1.86 bits per heavy atom. The summed E-state index contributed by atoms with van der Waals surface area (Å²) in [6.45, 7) is 0.180. The van der Waals surface area contributed by atoms with Gasteiger partial charge >= 0.3 is 0 Å². The van der Waals surface area contributed by atoms with Gasteiger partial charge in [-0.25, -0.2) is 0 Å². The molecule has 2 N–H and O–H groups in total. The summed E-state index contributed by atoms with van der Waals surface area (Å²) >= 11 is 9.63. The number of aromatic amines is 1. The average molecular weight is 562 g/mol. The minimum absolute atomic E-state index is 0.118. The molecule has 0 radical (unpaired) electrons. The van der Waals surface area contributed by atoms with Crippen molar-refractivity contribution in [3.8, 4) is 28.8 Å². The van der Waals surface area contributed by atoms with Gasteiger partial charge in [-0.2, -0.15) is 0 Å². The van der Waals surface area contributed by atoms with Gasteiger partial charge in [0.15, 0.2) is 16.3 Å². The number of benzene rings is 3. The lowest BCUT2D eigenvalue weighted by atomic mass is 9.93. The average Bonchev–Trinajstić information content (AvgIpc) is 3.57. The second-order valence-corrected chi connectivity index (χ2v) is 10.1. The molecule has 0 fully saturated rings. The summed E-state index contributed by atoms with van der Waals surface area (Å²) in [6.07, 6.45) is 0.533. The van der Waals surface area contributed by atoms with E-state index in [1.54, 1.807) is 11.7 Å². The third-order valence-electron chi connectivity index (χ3n) is 6.98. The van der Waals surface area contributed by atoms with E-state index in [1.165, 1.54) is 0 Å². The molecule has 1 atom stereocenters. The van der Waals surface area contributed by atoms with Gasteiger partial charge in [-0.15, -0.1) is 0 Å². The van der Waals surface area contributed by atoms with Crippen LogP contribution >= 0.6 is 28.1 Å². The number of aromatic hydroxyl groups is 1. The summed E-state index contributed by atoms with van der Waals surface area (Å²) in [5.41, 5.74) is 5.74. The van der Waals surface area contributed by atoms with Gasteiger partial charge in [-0.05, 0) is 65.8 Å². The van der Waals surface area contributed by atoms with Gasteiger partial charge in [0, 0.05) is 33.6 Å². The first-order valence-corrected chi connectivity index (χ1v) is 12.6. The van der Waals surface area contributed by atoms with Gasteiger partial charge in [0.1, 0.15) is 11.8 Å². The Balaban J connectivity index is 1.49. The van der Waals surface area contributed by atoms with Crippen LogP contribution in [0, 0.1) is 4.77 Å². The molecule has 0 aliphatic carbocycles. The Labute approximate surface area is 219 Å². The highest BCUT2D eigenvalue weighted by Crippen LogP contribution is 2.44. The van der Waals surface area contributed by atoms with Gasteiger partial charge in [0.2, 0.25) is 12.7 Å². The fourth-order valence-corrected chi connectivity index (χ4v) is 6.07. The number of rotatable bonds is 3. The van der Waals surface area contributed by atoms with Crippen LogP contribution in [0.4, 0.5) is 0 Å². The van der Waals surface area contributed by atoms with Gasteiger partial charge in [-0.3, -0.25) is 4.57 Å². The van der Waals surface area contributed by atoms with Crippen LogP contribution in [0.3, 0.4) is 0 Å². The Kier molecular flexibility index (Phi) is 4.74. The van der Waals surface area contributed by atoms with E-state index < -0.39 is 0 Å². The molecule has 36 heavy (non-hydrogen) atoms. The highest BCUT2D eigenvalue weighted by Gasteiger charge is 2.35. The number of hydrogen-bond donors (Lipinski definition) is 2. The molecular weight excluding hydrogens is 542 g/mol. The summed E-state index contributed by atoms with van der Waals surface area (Å²) in [5, 5.41) is 12.7. The SMILES string of the molecule is COc1ccc(C2c3[nH]c4ccc(Br)cc4c3Cc3c(O)n(-c4ccc5c(c4)OCO5)c(=S)n32)cc1. The summed E-state index contributed by atoms with van der Waals surface area (Å²) in [7, 11) is 1.65. The molecule has 0 amide bonds. The van der Waals surface area contributed by atoms with Crippen LogP contribution in [-0.4, -0.2) is 33.1 Å². The maximum atomic E-state index is 11.6. The molecule has 7 rings (SSSR count). The van der Waals surface area contributed by atoms with Gasteiger partial charge in [-0.1, -0.05) is 28.1 Å². The molecular formula is C27H20BrN3O4S. The maximum Gasteiger partial charge on any atom is 0.231 e. The normalized spacial score (nSPS) is 15.7. The first kappa shape index (κ1) is 21.6. The van der Waals surface area contributed by atoms with Crippen molar-refractivity contribution in [1.29, 1.82) is 0 Å². The number of imidazole rings is 1. The molecule has 5 aromatic rings. The van der Waals surface area contributed by atoms with Crippen molar-refractivity contribution in [3.63, 3.8) is 0 Å². The second-order valence-electron chi connectivity index (χ2n) is 8.86. The zero-order valence-corrected chi connectivity index (χ0v) is 21.5. The molecule has 0 bridgehead atoms. The van der Waals surface area contributed by atoms with Crippen LogP contribution < -0.4 is 14.2 Å². The summed E-state index contributed by atoms with van der Waals surface area (Å²) < 4.78 is 21.7. The van der Waals surface area contributed by atoms with Crippen molar-refractivity contribution < 1.29 is 19.3 Å². The molecule has 7 nitrogen and oxygen atoms in total. The molecule has 4 heterocycles. The first-order chi connectivity index (χ1) is 17.5. The molecule has 0 saturated carbocycles. The predicted octanol–water partition coefficient (Wildman–Crippen LogP) is 6.24. The predicted molar refractivity (Wildman–Crippen MR) is 141 cm³/mol. The van der Waals surface area contributed by atoms with E-state index in [9.17, 15) is 5.11 Å². The highest BCUT2D eigenvalue weighted by molar-refractivity contribution is 9.10. The molecule has 2 aliphatic heterocycles. The number of hydrogen-bond acceptors (Lipinski definition) is 5. The lowest BCUT2D eigenvalue weighted by molar-refractivity contribution is 0.174. The lowest BCUT2D eigenvalue weighted by Gasteiger charge is -2.26. The monoisotopic (exact) mass is 561 g/mol. The topological polar surface area (TPSA) is 73.6 Å². The third kappa shape index (κ3) is 3.06. The van der Waals surface area contributed by atoms with E-state index in [0.717, 1.165) is 43.6 Å². The van der Waals surface area contributed by atoms with Crippen LogP contribution in [0.2, 0.25) is 0 Å². The number of nitrogens with one attached hydrogen (secondary N) is 1. The lowest BCUT2D eigenvalue weighted by Crippen LogP contribution is -2.21. The van der Waals surface area contributed by atoms with Gasteiger partial charge in [0.05, 0.1) is 18.5 Å². The van der Waals surface area contributed by atoms with Crippen molar-refractivity contribution >= 4 is 39.1 Å². The first-order valence-electron chi connectivity index (χ1n) is 11.4. The molecule has 0 saturated heterocycles. The van der Waals surface area contributed by atoms with Gasteiger partial charge in [0.25, 0.3) is 0 Å². The largest absolute Gasteiger partial charge is 0.497 e. The molecule has 2 aromatic heterocycles. The van der Waals surface area contributed by atoms with Crippen molar-refractivity contribution in [2.45, 2.75) is 12.5 Å². The van der Waals surface area contributed by atoms with Crippen molar-refractivity contribution in [1.82, 2.24) is 14.1 Å². The molecule has 9 heteroatoms. The van der Waals surface area contributed by atoms with E-state index in [4.69, 9.17) is 26.4 Å². The molecule has 2 aliphatic rings. The Bertz CT molecular complexity index is 1740. The molecule has 180 valence electrons. The summed E-state index contributed by atoms with van der Waals surface area (Å²) in [5.74, 6) is 2.20. The van der Waals surface area contributed by atoms with Crippen molar-refractivity contribution in [3.05, 3.63) is 92.4 Å². The second kappa shape index (κ2) is 7.91. The van der Waals surface area contributed by atoms with Crippen LogP contribution in [0.15, 0.2) is 65.1 Å². The van der Waals surface area contributed by atoms with Crippen LogP contribution in [0.25, 0.3) is 16.6 Å². The van der Waals surface area contributed by atoms with E-state index in [2.05, 4.69) is 33.0 Å². The smallest absolute Gasteiger partial charge is 0.231 e. The van der Waals surface area contributed by atoms with E-state index in [-0.39, 0.29) is 18.7 Å². The molecule has 3 aromatic carbocycles. The van der Waals surface area contributed by atoms with Crippen LogP contribution in [-0.2, 0) is 6.42 Å². The van der Waals surface area contributed by atoms with Gasteiger partial charge < -0.3 is 28.9 Å². The highest BCUT2D eigenvalue weighted by atomic mass is 79.9. The third-order valence-corrected chi connectivity index (χ3v) is 7.85. The minimum atomic E-state index is -0.255. The number of halogens is 1. The van der Waals surface area contributed by atoms with Crippen LogP contribution in [0.5, 0.6) is 23.1 Å². The standard InChI is InChI=1S/C27H20BrN3O4S/c1-33-17-6-2-14(3-7-17)25-24-19(18-10-15(28)4-8-20(18)29-24)12-21-26(32)30(27(36)31(21)25)16-5-9-22-23(11-16)35-13-34-22/h2-11,25,29,32H,12-13H2,1H3. The summed E-state index contributed by atoms with van der Waals surface area (Å²) in [4.78, 5) is 3.64. The van der Waals surface area contributed by atoms with E-state index in [1.807, 2.05) is 53.1 Å². The Morgan fingerprint density at radius 1 is 1.06 bits per heavy atom. The fourth-order valence-electron chi connectivity index (χ4n) is 5.30. The number of fused-ring (bicyclic) bond motifs is 5. The fraction of sp³-hybridized carbons (Fsp3) is 0.148. The quantitative estimate of drug-likeness (QED) is 0.250. The number of aromatic nitrogens is 3. The number of nitrogens with zero attached hydrogens (tertiary/aromatic N) is 2. The molecule has 1 unspecified atom stereocenters.